The van der Waals surface area contributed by atoms with Gasteiger partial charge in [0.15, 0.2) is 5.78 Å². The van der Waals surface area contributed by atoms with E-state index in [4.69, 9.17) is 39.9 Å². The second-order valence-electron chi connectivity index (χ2n) is 4.22. The molecule has 20 heavy (non-hydrogen) atoms. The molecule has 0 saturated carbocycles. The van der Waals surface area contributed by atoms with Gasteiger partial charge in [0.2, 0.25) is 0 Å². The lowest BCUT2D eigenvalue weighted by Crippen LogP contribution is -2.25. The number of allylic oxidation sites excluding steroid dienone is 2. The first kappa shape index (κ1) is 19.3. The molecule has 1 N–H and O–H groups in total. The van der Waals surface area contributed by atoms with E-state index in [0.29, 0.717) is 0 Å². The predicted molar refractivity (Wildman–Crippen MR) is 82.3 cm³/mol. The van der Waals surface area contributed by atoms with Crippen LogP contribution in [-0.4, -0.2) is 38.6 Å². The third-order valence-corrected chi connectivity index (χ3v) is 2.95. The Balaban J connectivity index is 0.000000441. The highest BCUT2D eigenvalue weighted by Crippen LogP contribution is 2.25. The van der Waals surface area contributed by atoms with Gasteiger partial charge in [-0.15, -0.1) is 0 Å². The number of carboxylic acids is 1. The molecule has 0 aromatic rings. The van der Waals surface area contributed by atoms with Crippen molar-refractivity contribution in [3.8, 4) is 0 Å². The van der Waals surface area contributed by atoms with E-state index in [1.165, 1.54) is 12.8 Å². The number of hydrogen-bond acceptors (Lipinski definition) is 3. The maximum absolute atomic E-state index is 11.1. The average molecular weight is 343 g/mol. The Hall–Kier alpha value is -0.710. The van der Waals surface area contributed by atoms with Gasteiger partial charge in [0.25, 0.3) is 3.79 Å². The van der Waals surface area contributed by atoms with Crippen LogP contribution in [0.1, 0.15) is 26.7 Å². The molecule has 0 fully saturated rings. The van der Waals surface area contributed by atoms with E-state index in [9.17, 15) is 9.59 Å². The van der Waals surface area contributed by atoms with Crippen LogP contribution < -0.4 is 0 Å². The molecule has 0 radical (unpaired) electrons. The molecule has 1 heterocycles. The number of carbonyl (C=O) groups is 2. The topological polar surface area (TPSA) is 57.6 Å². The van der Waals surface area contributed by atoms with Crippen LogP contribution in [0.25, 0.3) is 0 Å². The quantitative estimate of drug-likeness (QED) is 0.794. The molecule has 0 aromatic heterocycles. The van der Waals surface area contributed by atoms with E-state index in [2.05, 4.69) is 18.0 Å². The molecule has 0 spiro atoms. The lowest BCUT2D eigenvalue weighted by Gasteiger charge is -2.23. The molecule has 1 aliphatic rings. The number of Topliss-reactive ketones (excluding diaryl/α,β-unsaturated/α-hetero) is 1. The largest absolute Gasteiger partial charge is 0.478 e. The van der Waals surface area contributed by atoms with Crippen LogP contribution in [-0.2, 0) is 9.59 Å². The highest BCUT2D eigenvalue weighted by molar-refractivity contribution is 6.75. The van der Waals surface area contributed by atoms with Crippen molar-refractivity contribution in [2.75, 3.05) is 13.1 Å². The Morgan fingerprint density at radius 3 is 2.35 bits per heavy atom. The smallest absolute Gasteiger partial charge is 0.356 e. The molecule has 0 saturated heterocycles. The number of nitrogens with zero attached hydrogens (tertiary/aromatic N) is 1. The maximum Gasteiger partial charge on any atom is 0.356 e. The first-order valence-electron chi connectivity index (χ1n) is 6.11. The molecule has 7 heteroatoms. The molecular formula is C13H18Cl3NO3. The Bertz CT molecular complexity index is 400. The van der Waals surface area contributed by atoms with E-state index in [1.54, 1.807) is 6.92 Å². The average Bonchev–Trinajstić information content (AvgIpc) is 2.36. The van der Waals surface area contributed by atoms with Gasteiger partial charge in [-0.05, 0) is 25.6 Å². The summed E-state index contributed by atoms with van der Waals surface area (Å²) in [7, 11) is 0. The fourth-order valence-corrected chi connectivity index (χ4v) is 1.35. The molecule has 1 aliphatic heterocycles. The van der Waals surface area contributed by atoms with Crippen molar-refractivity contribution in [1.82, 2.24) is 4.90 Å². The summed E-state index contributed by atoms with van der Waals surface area (Å²) in [5.74, 6) is -1.27. The van der Waals surface area contributed by atoms with Gasteiger partial charge in [-0.2, -0.15) is 0 Å². The molecule has 0 bridgehead atoms. The monoisotopic (exact) mass is 341 g/mol. The van der Waals surface area contributed by atoms with Crippen LogP contribution in [0.4, 0.5) is 0 Å². The molecular weight excluding hydrogens is 325 g/mol. The predicted octanol–water partition coefficient (Wildman–Crippen LogP) is 3.57. The van der Waals surface area contributed by atoms with E-state index in [1.807, 2.05) is 12.2 Å². The first-order valence-corrected chi connectivity index (χ1v) is 7.24. The summed E-state index contributed by atoms with van der Waals surface area (Å²) in [5.41, 5.74) is 0.915. The summed E-state index contributed by atoms with van der Waals surface area (Å²) in [6.07, 6.45) is 8.31. The second-order valence-corrected chi connectivity index (χ2v) is 6.50. The molecule has 0 atom stereocenters. The fraction of sp³-hybridized carbons (Fsp3) is 0.538. The van der Waals surface area contributed by atoms with Crippen LogP contribution in [0.5, 0.6) is 0 Å². The van der Waals surface area contributed by atoms with Crippen molar-refractivity contribution < 1.29 is 14.7 Å². The molecule has 114 valence electrons. The highest BCUT2D eigenvalue weighted by Gasteiger charge is 2.29. The molecule has 0 aliphatic carbocycles. The van der Waals surface area contributed by atoms with Crippen molar-refractivity contribution >= 4 is 46.6 Å². The fourth-order valence-electron chi connectivity index (χ4n) is 1.35. The molecule has 4 nitrogen and oxygen atoms in total. The van der Waals surface area contributed by atoms with E-state index < -0.39 is 9.76 Å². The first-order chi connectivity index (χ1) is 9.18. The highest BCUT2D eigenvalue weighted by atomic mass is 35.6. The number of rotatable bonds is 4. The number of hydrogen-bond donors (Lipinski definition) is 1. The van der Waals surface area contributed by atoms with Gasteiger partial charge in [0.1, 0.15) is 0 Å². The molecule has 1 rings (SSSR count). The van der Waals surface area contributed by atoms with E-state index >= 15 is 0 Å². The van der Waals surface area contributed by atoms with Crippen molar-refractivity contribution in [3.63, 3.8) is 0 Å². The SMILES string of the molecule is CCCCN1C=CC=C(C(C)=O)C1.O=C(O)C(Cl)(Cl)Cl. The zero-order chi connectivity index (χ0) is 15.8. The Labute approximate surface area is 134 Å². The van der Waals surface area contributed by atoms with Crippen molar-refractivity contribution in [2.45, 2.75) is 30.5 Å². The Morgan fingerprint density at radius 1 is 1.40 bits per heavy atom. The van der Waals surface area contributed by atoms with Gasteiger partial charge >= 0.3 is 5.97 Å². The third-order valence-electron chi connectivity index (χ3n) is 2.46. The minimum Gasteiger partial charge on any atom is -0.478 e. The van der Waals surface area contributed by atoms with Gasteiger partial charge in [-0.1, -0.05) is 54.2 Å². The maximum atomic E-state index is 11.1. The Kier molecular flexibility index (Phi) is 8.94. The molecule has 0 amide bonds. The lowest BCUT2D eigenvalue weighted by molar-refractivity contribution is -0.135. The third kappa shape index (κ3) is 8.46. The van der Waals surface area contributed by atoms with Gasteiger partial charge in [-0.3, -0.25) is 4.79 Å². The van der Waals surface area contributed by atoms with Gasteiger partial charge in [-0.25, -0.2) is 4.79 Å². The summed E-state index contributed by atoms with van der Waals surface area (Å²) in [5, 5.41) is 7.85. The van der Waals surface area contributed by atoms with Crippen molar-refractivity contribution in [3.05, 3.63) is 23.9 Å². The second kappa shape index (κ2) is 9.27. The zero-order valence-corrected chi connectivity index (χ0v) is 13.7. The number of unbranched alkanes of at least 4 members (excludes halogenated alkanes) is 1. The summed E-state index contributed by atoms with van der Waals surface area (Å²) in [6.45, 7) is 5.64. The lowest BCUT2D eigenvalue weighted by atomic mass is 10.1. The Morgan fingerprint density at radius 2 is 1.95 bits per heavy atom. The minimum absolute atomic E-state index is 0.186. The zero-order valence-electron chi connectivity index (χ0n) is 11.4. The van der Waals surface area contributed by atoms with Crippen LogP contribution in [0, 0.1) is 0 Å². The van der Waals surface area contributed by atoms with Gasteiger partial charge < -0.3 is 10.0 Å². The van der Waals surface area contributed by atoms with Gasteiger partial charge in [0.05, 0.1) is 0 Å². The summed E-state index contributed by atoms with van der Waals surface area (Å²) in [6, 6.07) is 0. The summed E-state index contributed by atoms with van der Waals surface area (Å²) < 4.78 is -2.17. The van der Waals surface area contributed by atoms with Crippen LogP contribution in [0.2, 0.25) is 0 Å². The van der Waals surface area contributed by atoms with Crippen LogP contribution in [0.15, 0.2) is 23.9 Å². The number of carbonyl (C=O) groups excluding carboxylic acids is 1. The summed E-state index contributed by atoms with van der Waals surface area (Å²) >= 11 is 14.4. The van der Waals surface area contributed by atoms with Crippen molar-refractivity contribution in [2.24, 2.45) is 0 Å². The summed E-state index contributed by atoms with van der Waals surface area (Å²) in [4.78, 5) is 22.9. The number of alkyl halides is 3. The van der Waals surface area contributed by atoms with E-state index in [-0.39, 0.29) is 5.78 Å². The number of aliphatic carboxylic acids is 1. The standard InChI is InChI=1S/C11H17NO.C2HCl3O2/c1-3-4-7-12-8-5-6-11(9-12)10(2)13;3-2(4,5)1(6)7/h5-6,8H,3-4,7,9H2,1-2H3;(H,6,7). The normalized spacial score (nSPS) is 14.2. The number of carboxylic acid groups (broad SMARTS) is 1. The number of ketones is 1. The minimum atomic E-state index is -2.17. The number of halogens is 3. The van der Waals surface area contributed by atoms with Crippen molar-refractivity contribution in [1.29, 1.82) is 0 Å². The molecule has 0 unspecified atom stereocenters. The van der Waals surface area contributed by atoms with E-state index in [0.717, 1.165) is 18.7 Å². The van der Waals surface area contributed by atoms with Gasteiger partial charge in [0, 0.05) is 18.7 Å². The van der Waals surface area contributed by atoms with Crippen LogP contribution >= 0.6 is 34.8 Å². The molecule has 0 aromatic carbocycles. The van der Waals surface area contributed by atoms with Crippen LogP contribution in [0.3, 0.4) is 0 Å².